The Balaban J connectivity index is 1.40. The lowest BCUT2D eigenvalue weighted by molar-refractivity contribution is 0.0416. The van der Waals surface area contributed by atoms with Crippen LogP contribution in [0.25, 0.3) is 0 Å². The van der Waals surface area contributed by atoms with Gasteiger partial charge in [-0.25, -0.2) is 4.98 Å². The summed E-state index contributed by atoms with van der Waals surface area (Å²) in [4.78, 5) is 10.5. The van der Waals surface area contributed by atoms with Gasteiger partial charge in [-0.15, -0.1) is 11.3 Å². The van der Waals surface area contributed by atoms with Crippen LogP contribution in [-0.4, -0.2) is 60.7 Å². The maximum absolute atomic E-state index is 5.68. The predicted octanol–water partition coefficient (Wildman–Crippen LogP) is 1.27. The number of anilines is 1. The molecule has 3 heterocycles. The van der Waals surface area contributed by atoms with Gasteiger partial charge < -0.3 is 15.4 Å². The zero-order valence-corrected chi connectivity index (χ0v) is 12.8. The first-order valence-corrected chi connectivity index (χ1v) is 8.34. The molecule has 0 spiro atoms. The molecule has 112 valence electrons. The van der Waals surface area contributed by atoms with E-state index in [9.17, 15) is 0 Å². The van der Waals surface area contributed by atoms with Gasteiger partial charge in [0.15, 0.2) is 5.13 Å². The fourth-order valence-electron chi connectivity index (χ4n) is 3.04. The molecule has 3 rings (SSSR count). The van der Waals surface area contributed by atoms with Crippen molar-refractivity contribution in [2.24, 2.45) is 5.92 Å². The van der Waals surface area contributed by atoms with E-state index in [-0.39, 0.29) is 0 Å². The summed E-state index contributed by atoms with van der Waals surface area (Å²) in [5, 5.41) is 0.679. The number of thiazole rings is 1. The summed E-state index contributed by atoms with van der Waals surface area (Å²) in [6, 6.07) is 0. The third kappa shape index (κ3) is 3.91. The molecular weight excluding hydrogens is 272 g/mol. The largest absolute Gasteiger partial charge is 0.381 e. The van der Waals surface area contributed by atoms with Crippen molar-refractivity contribution in [1.29, 1.82) is 0 Å². The first kappa shape index (κ1) is 14.3. The SMILES string of the molecule is Nc1ncc(CN2CCN(CC3CCOCC3)CC2)s1. The Morgan fingerprint density at radius 1 is 1.20 bits per heavy atom. The van der Waals surface area contributed by atoms with Crippen molar-refractivity contribution in [3.05, 3.63) is 11.1 Å². The number of nitrogen functional groups attached to an aromatic ring is 1. The van der Waals surface area contributed by atoms with Crippen molar-refractivity contribution in [3.8, 4) is 0 Å². The van der Waals surface area contributed by atoms with E-state index in [1.165, 1.54) is 37.4 Å². The molecule has 1 aromatic rings. The first-order chi connectivity index (χ1) is 9.79. The zero-order chi connectivity index (χ0) is 13.8. The fraction of sp³-hybridized carbons (Fsp3) is 0.786. The topological polar surface area (TPSA) is 54.6 Å². The molecule has 2 saturated heterocycles. The van der Waals surface area contributed by atoms with Gasteiger partial charge in [0.05, 0.1) is 0 Å². The first-order valence-electron chi connectivity index (χ1n) is 7.52. The normalized spacial score (nSPS) is 23.2. The monoisotopic (exact) mass is 296 g/mol. The zero-order valence-electron chi connectivity index (χ0n) is 12.0. The van der Waals surface area contributed by atoms with E-state index < -0.39 is 0 Å². The van der Waals surface area contributed by atoms with E-state index in [0.717, 1.165) is 38.8 Å². The summed E-state index contributed by atoms with van der Waals surface area (Å²) in [7, 11) is 0. The van der Waals surface area contributed by atoms with Crippen LogP contribution >= 0.6 is 11.3 Å². The second kappa shape index (κ2) is 6.85. The van der Waals surface area contributed by atoms with Gasteiger partial charge in [-0.3, -0.25) is 4.90 Å². The molecule has 0 aromatic carbocycles. The maximum Gasteiger partial charge on any atom is 0.180 e. The molecule has 20 heavy (non-hydrogen) atoms. The highest BCUT2D eigenvalue weighted by Crippen LogP contribution is 2.19. The number of aromatic nitrogens is 1. The van der Waals surface area contributed by atoms with Crippen molar-refractivity contribution in [1.82, 2.24) is 14.8 Å². The maximum atomic E-state index is 5.68. The summed E-state index contributed by atoms with van der Waals surface area (Å²) in [6.45, 7) is 8.85. The molecule has 2 N–H and O–H groups in total. The Labute approximate surface area is 124 Å². The third-order valence-electron chi connectivity index (χ3n) is 4.27. The molecule has 1 aromatic heterocycles. The van der Waals surface area contributed by atoms with Gasteiger partial charge in [0, 0.05) is 63.6 Å². The van der Waals surface area contributed by atoms with E-state index in [4.69, 9.17) is 10.5 Å². The highest BCUT2D eigenvalue weighted by molar-refractivity contribution is 7.15. The van der Waals surface area contributed by atoms with Gasteiger partial charge in [-0.2, -0.15) is 0 Å². The highest BCUT2D eigenvalue weighted by atomic mass is 32.1. The molecule has 6 heteroatoms. The number of hydrogen-bond acceptors (Lipinski definition) is 6. The van der Waals surface area contributed by atoms with E-state index in [2.05, 4.69) is 14.8 Å². The lowest BCUT2D eigenvalue weighted by Crippen LogP contribution is -2.47. The Bertz CT molecular complexity index is 411. The highest BCUT2D eigenvalue weighted by Gasteiger charge is 2.21. The second-order valence-electron chi connectivity index (χ2n) is 5.80. The average molecular weight is 296 g/mol. The fourth-order valence-corrected chi connectivity index (χ4v) is 3.77. The molecule has 0 aliphatic carbocycles. The minimum absolute atomic E-state index is 0.679. The molecule has 0 saturated carbocycles. The number of rotatable bonds is 4. The molecule has 5 nitrogen and oxygen atoms in total. The van der Waals surface area contributed by atoms with Crippen molar-refractivity contribution in [2.75, 3.05) is 51.7 Å². The van der Waals surface area contributed by atoms with Crippen molar-refractivity contribution < 1.29 is 4.74 Å². The van der Waals surface area contributed by atoms with E-state index in [1.54, 1.807) is 11.3 Å². The number of nitrogens with zero attached hydrogens (tertiary/aromatic N) is 3. The molecule has 2 fully saturated rings. The summed E-state index contributed by atoms with van der Waals surface area (Å²) >= 11 is 1.61. The van der Waals surface area contributed by atoms with Crippen molar-refractivity contribution in [3.63, 3.8) is 0 Å². The van der Waals surface area contributed by atoms with Gasteiger partial charge in [-0.05, 0) is 18.8 Å². The standard InChI is InChI=1S/C14H24N4OS/c15-14-16-9-13(20-14)11-18-5-3-17(4-6-18)10-12-1-7-19-8-2-12/h9,12H,1-8,10-11H2,(H2,15,16). The Hall–Kier alpha value is -0.690. The van der Waals surface area contributed by atoms with Gasteiger partial charge in [0.1, 0.15) is 0 Å². The van der Waals surface area contributed by atoms with Gasteiger partial charge in [0.25, 0.3) is 0 Å². The quantitative estimate of drug-likeness (QED) is 0.907. The van der Waals surface area contributed by atoms with Gasteiger partial charge >= 0.3 is 0 Å². The van der Waals surface area contributed by atoms with Crippen LogP contribution in [0, 0.1) is 5.92 Å². The van der Waals surface area contributed by atoms with Gasteiger partial charge in [0.2, 0.25) is 0 Å². The summed E-state index contributed by atoms with van der Waals surface area (Å²) in [5.41, 5.74) is 5.68. The van der Waals surface area contributed by atoms with E-state index in [1.807, 2.05) is 6.20 Å². The van der Waals surface area contributed by atoms with Crippen LogP contribution in [0.2, 0.25) is 0 Å². The molecule has 0 radical (unpaired) electrons. The van der Waals surface area contributed by atoms with Crippen LogP contribution in [0.3, 0.4) is 0 Å². The van der Waals surface area contributed by atoms with Crippen LogP contribution in [0.4, 0.5) is 5.13 Å². The summed E-state index contributed by atoms with van der Waals surface area (Å²) < 4.78 is 5.43. The lowest BCUT2D eigenvalue weighted by Gasteiger charge is -2.37. The molecule has 0 amide bonds. The molecule has 0 unspecified atom stereocenters. The second-order valence-corrected chi connectivity index (χ2v) is 6.94. The molecule has 0 bridgehead atoms. The number of piperazine rings is 1. The van der Waals surface area contributed by atoms with Crippen LogP contribution in [0.15, 0.2) is 6.20 Å². The van der Waals surface area contributed by atoms with Crippen LogP contribution in [-0.2, 0) is 11.3 Å². The summed E-state index contributed by atoms with van der Waals surface area (Å²) in [6.07, 6.45) is 4.38. The number of hydrogen-bond donors (Lipinski definition) is 1. The van der Waals surface area contributed by atoms with E-state index in [0.29, 0.717) is 5.13 Å². The molecule has 2 aliphatic heterocycles. The molecular formula is C14H24N4OS. The number of nitrogens with two attached hydrogens (primary N) is 1. The minimum Gasteiger partial charge on any atom is -0.381 e. The lowest BCUT2D eigenvalue weighted by atomic mass is 9.99. The van der Waals surface area contributed by atoms with Crippen molar-refractivity contribution >= 4 is 16.5 Å². The van der Waals surface area contributed by atoms with E-state index >= 15 is 0 Å². The predicted molar refractivity (Wildman–Crippen MR) is 81.8 cm³/mol. The Morgan fingerprint density at radius 2 is 1.90 bits per heavy atom. The Morgan fingerprint density at radius 3 is 2.55 bits per heavy atom. The van der Waals surface area contributed by atoms with Crippen LogP contribution < -0.4 is 5.73 Å². The smallest absolute Gasteiger partial charge is 0.180 e. The molecule has 0 atom stereocenters. The van der Waals surface area contributed by atoms with Gasteiger partial charge in [-0.1, -0.05) is 0 Å². The van der Waals surface area contributed by atoms with Crippen LogP contribution in [0.5, 0.6) is 0 Å². The molecule has 2 aliphatic rings. The third-order valence-corrected chi connectivity index (χ3v) is 5.08. The number of ether oxygens (including phenoxy) is 1. The minimum atomic E-state index is 0.679. The summed E-state index contributed by atoms with van der Waals surface area (Å²) in [5.74, 6) is 0.844. The average Bonchev–Trinajstić information content (AvgIpc) is 2.88. The Kier molecular flexibility index (Phi) is 4.88. The van der Waals surface area contributed by atoms with Crippen molar-refractivity contribution in [2.45, 2.75) is 19.4 Å². The van der Waals surface area contributed by atoms with Crippen LogP contribution in [0.1, 0.15) is 17.7 Å².